The summed E-state index contributed by atoms with van der Waals surface area (Å²) >= 11 is 0. The molecule has 2 aromatic rings. The van der Waals surface area contributed by atoms with Gasteiger partial charge in [-0.3, -0.25) is 19.5 Å². The number of nitro benzene ring substituents is 1. The fraction of sp³-hybridized carbons (Fsp3) is 0.480. The minimum absolute atomic E-state index is 0.0489. The highest BCUT2D eigenvalue weighted by Gasteiger charge is 2.41. The van der Waals surface area contributed by atoms with Crippen LogP contribution in [-0.4, -0.2) is 77.2 Å². The molecule has 16 heteroatoms. The van der Waals surface area contributed by atoms with E-state index < -0.39 is 53.6 Å². The Kier molecular flexibility index (Phi) is 11.0. The van der Waals surface area contributed by atoms with Crippen molar-refractivity contribution in [1.82, 2.24) is 9.62 Å². The van der Waals surface area contributed by atoms with Gasteiger partial charge in [0.2, 0.25) is 10.0 Å². The van der Waals surface area contributed by atoms with E-state index in [4.69, 9.17) is 9.26 Å². The SMILES string of the molecule is CC(C)Cc1cc([N+](=O)[O-])ccc1S(=O)(=O)NC[C@@H](OP(=O)(O)O)[C@H](Cc1ccccc1)N(C(=O)O)C1CCOC1. The van der Waals surface area contributed by atoms with Crippen LogP contribution in [0.4, 0.5) is 10.5 Å². The van der Waals surface area contributed by atoms with Gasteiger partial charge in [0.1, 0.15) is 6.10 Å². The summed E-state index contributed by atoms with van der Waals surface area (Å²) < 4.78 is 51.6. The van der Waals surface area contributed by atoms with Crippen molar-refractivity contribution >= 4 is 29.6 Å². The molecule has 3 rings (SSSR count). The molecule has 1 unspecified atom stereocenters. The van der Waals surface area contributed by atoms with E-state index in [-0.39, 0.29) is 48.1 Å². The van der Waals surface area contributed by atoms with Crippen LogP contribution in [0.25, 0.3) is 0 Å². The lowest BCUT2D eigenvalue weighted by atomic mass is 9.98. The number of carbonyl (C=O) groups is 1. The molecule has 0 spiro atoms. The van der Waals surface area contributed by atoms with Crippen LogP contribution < -0.4 is 4.72 Å². The Balaban J connectivity index is 2.02. The molecule has 3 atom stereocenters. The van der Waals surface area contributed by atoms with Gasteiger partial charge in [0, 0.05) is 25.3 Å². The van der Waals surface area contributed by atoms with Crippen molar-refractivity contribution in [2.45, 2.75) is 56.2 Å². The van der Waals surface area contributed by atoms with Crippen LogP contribution in [0.2, 0.25) is 0 Å². The summed E-state index contributed by atoms with van der Waals surface area (Å²) in [4.78, 5) is 43.3. The van der Waals surface area contributed by atoms with Crippen molar-refractivity contribution in [2.24, 2.45) is 5.92 Å². The van der Waals surface area contributed by atoms with Gasteiger partial charge in [0.15, 0.2) is 0 Å². The van der Waals surface area contributed by atoms with Crippen LogP contribution in [-0.2, 0) is 36.7 Å². The predicted octanol–water partition coefficient (Wildman–Crippen LogP) is 2.93. The molecule has 0 saturated carbocycles. The zero-order valence-corrected chi connectivity index (χ0v) is 24.2. The molecule has 41 heavy (non-hydrogen) atoms. The highest BCUT2D eigenvalue weighted by Crippen LogP contribution is 2.40. The molecule has 14 nitrogen and oxygen atoms in total. The molecule has 4 N–H and O–H groups in total. The fourth-order valence-electron chi connectivity index (χ4n) is 4.81. The Hall–Kier alpha value is -2.91. The summed E-state index contributed by atoms with van der Waals surface area (Å²) in [6.45, 7) is 3.25. The third-order valence-corrected chi connectivity index (χ3v) is 8.58. The number of phosphoric acid groups is 1. The standard InChI is InChI=1S/C25H34N3O11PS/c1-17(2)12-19-14-20(28(31)32)8-9-24(19)41(36,37)26-15-23(39-40(33,34)35)22(13-18-6-4-3-5-7-18)27(25(29)30)21-10-11-38-16-21/h3-9,14,17,21-23,26H,10-13,15-16H2,1-2H3,(H,29,30)(H2,33,34,35)/t21?,22-,23+/m0/s1. The number of nitrogens with zero attached hydrogens (tertiary/aromatic N) is 2. The lowest BCUT2D eigenvalue weighted by Crippen LogP contribution is -2.56. The number of hydrogen-bond acceptors (Lipinski definition) is 8. The molecular formula is C25H34N3O11PS. The molecule has 0 radical (unpaired) electrons. The van der Waals surface area contributed by atoms with Crippen molar-refractivity contribution in [3.8, 4) is 0 Å². The fourth-order valence-corrected chi connectivity index (χ4v) is 6.65. The summed E-state index contributed by atoms with van der Waals surface area (Å²) in [5.41, 5.74) is 0.519. The number of nitro groups is 1. The molecule has 1 saturated heterocycles. The highest BCUT2D eigenvalue weighted by molar-refractivity contribution is 7.89. The van der Waals surface area contributed by atoms with E-state index >= 15 is 0 Å². The molecule has 0 aromatic heterocycles. The van der Waals surface area contributed by atoms with Gasteiger partial charge in [-0.25, -0.2) is 22.5 Å². The average Bonchev–Trinajstić information content (AvgIpc) is 3.40. The van der Waals surface area contributed by atoms with Crippen molar-refractivity contribution in [3.63, 3.8) is 0 Å². The number of ether oxygens (including phenoxy) is 1. The number of sulfonamides is 1. The Labute approximate surface area is 237 Å². The monoisotopic (exact) mass is 615 g/mol. The van der Waals surface area contributed by atoms with Crippen LogP contribution in [0, 0.1) is 16.0 Å². The largest absolute Gasteiger partial charge is 0.469 e. The van der Waals surface area contributed by atoms with Gasteiger partial charge in [-0.05, 0) is 42.4 Å². The summed E-state index contributed by atoms with van der Waals surface area (Å²) in [6.07, 6.45) is -2.54. The lowest BCUT2D eigenvalue weighted by Gasteiger charge is -2.38. The number of rotatable bonds is 14. The molecule has 226 valence electrons. The van der Waals surface area contributed by atoms with E-state index in [0.717, 1.165) is 17.0 Å². The van der Waals surface area contributed by atoms with E-state index in [1.165, 1.54) is 6.07 Å². The summed E-state index contributed by atoms with van der Waals surface area (Å²) in [5, 5.41) is 21.4. The molecule has 0 bridgehead atoms. The number of nitrogens with one attached hydrogen (secondary N) is 1. The van der Waals surface area contributed by atoms with E-state index in [2.05, 4.69) is 4.72 Å². The number of benzene rings is 2. The number of carboxylic acid groups (broad SMARTS) is 1. The van der Waals surface area contributed by atoms with E-state index in [9.17, 15) is 42.8 Å². The molecule has 1 aliphatic heterocycles. The van der Waals surface area contributed by atoms with Gasteiger partial charge in [-0.15, -0.1) is 0 Å². The van der Waals surface area contributed by atoms with Crippen LogP contribution >= 0.6 is 7.82 Å². The Morgan fingerprint density at radius 2 is 1.90 bits per heavy atom. The van der Waals surface area contributed by atoms with Gasteiger partial charge in [-0.1, -0.05) is 44.2 Å². The molecule has 1 fully saturated rings. The molecular weight excluding hydrogens is 581 g/mol. The lowest BCUT2D eigenvalue weighted by molar-refractivity contribution is -0.385. The highest BCUT2D eigenvalue weighted by atomic mass is 32.2. The molecule has 1 heterocycles. The second kappa shape index (κ2) is 13.8. The van der Waals surface area contributed by atoms with Crippen LogP contribution in [0.5, 0.6) is 0 Å². The van der Waals surface area contributed by atoms with Crippen LogP contribution in [0.15, 0.2) is 53.4 Å². The zero-order chi connectivity index (χ0) is 30.4. The van der Waals surface area contributed by atoms with E-state index in [1.807, 2.05) is 13.8 Å². The van der Waals surface area contributed by atoms with Crippen molar-refractivity contribution in [1.29, 1.82) is 0 Å². The predicted molar refractivity (Wildman–Crippen MR) is 147 cm³/mol. The maximum atomic E-state index is 13.4. The Morgan fingerprint density at radius 3 is 2.44 bits per heavy atom. The normalized spacial score (nSPS) is 17.3. The van der Waals surface area contributed by atoms with Gasteiger partial charge in [0.05, 0.1) is 28.5 Å². The summed E-state index contributed by atoms with van der Waals surface area (Å²) in [7, 11) is -9.64. The number of hydrogen-bond donors (Lipinski definition) is 4. The van der Waals surface area contributed by atoms with Gasteiger partial charge in [-0.2, -0.15) is 0 Å². The third kappa shape index (κ3) is 9.30. The minimum Gasteiger partial charge on any atom is -0.465 e. The smallest absolute Gasteiger partial charge is 0.465 e. The quantitative estimate of drug-likeness (QED) is 0.138. The van der Waals surface area contributed by atoms with Gasteiger partial charge in [0.25, 0.3) is 5.69 Å². The summed E-state index contributed by atoms with van der Waals surface area (Å²) in [5.74, 6) is -0.0512. The first-order valence-electron chi connectivity index (χ1n) is 12.8. The minimum atomic E-state index is -5.24. The maximum absolute atomic E-state index is 13.4. The third-order valence-electron chi connectivity index (χ3n) is 6.51. The number of non-ortho nitro benzene ring substituents is 1. The second-order valence-corrected chi connectivity index (χ2v) is 13.0. The second-order valence-electron chi connectivity index (χ2n) is 10.1. The van der Waals surface area contributed by atoms with Gasteiger partial charge >= 0.3 is 13.9 Å². The first-order valence-corrected chi connectivity index (χ1v) is 15.8. The van der Waals surface area contributed by atoms with Gasteiger partial charge < -0.3 is 19.6 Å². The zero-order valence-electron chi connectivity index (χ0n) is 22.5. The molecule has 2 aromatic carbocycles. The first-order chi connectivity index (χ1) is 19.2. The van der Waals surface area contributed by atoms with Crippen molar-refractivity contribution in [2.75, 3.05) is 19.8 Å². The average molecular weight is 616 g/mol. The summed E-state index contributed by atoms with van der Waals surface area (Å²) in [6, 6.07) is 9.99. The number of amides is 1. The maximum Gasteiger partial charge on any atom is 0.469 e. The van der Waals surface area contributed by atoms with E-state index in [0.29, 0.717) is 12.0 Å². The van der Waals surface area contributed by atoms with Crippen LogP contribution in [0.1, 0.15) is 31.4 Å². The van der Waals surface area contributed by atoms with Crippen LogP contribution in [0.3, 0.4) is 0 Å². The van der Waals surface area contributed by atoms with Crippen molar-refractivity contribution < 1.29 is 46.9 Å². The van der Waals surface area contributed by atoms with Crippen molar-refractivity contribution in [3.05, 3.63) is 69.8 Å². The first kappa shape index (κ1) is 32.6. The topological polar surface area (TPSA) is 206 Å². The molecule has 1 amide bonds. The molecule has 0 aliphatic carbocycles. The Bertz CT molecular complexity index is 1360. The van der Waals surface area contributed by atoms with E-state index in [1.54, 1.807) is 30.3 Å². The number of phosphoric ester groups is 1. The molecule has 1 aliphatic rings. The Morgan fingerprint density at radius 1 is 1.22 bits per heavy atom.